The molecule has 20 nitrogen and oxygen atoms in total. The zero-order valence-electron chi connectivity index (χ0n) is 27.5. The van der Waals surface area contributed by atoms with E-state index >= 15 is 0 Å². The van der Waals surface area contributed by atoms with E-state index in [9.17, 15) is 61.5 Å². The van der Waals surface area contributed by atoms with Crippen molar-refractivity contribution in [3.05, 3.63) is 119 Å². The third kappa shape index (κ3) is 8.26. The SMILES string of the molecule is O=C1/C(=N/Nc2ccc(/C=C/c3ccc(N/N=C4\C=C(S(=O)(=O)O)c5cccnc5C4=O)cc3S(=O)(=O)O)c(S(=O)(=O)O)c2)C=C(S(=O)(=O)O)c2cccnc21. The number of hydrazone groups is 2. The number of fused-ring (bicyclic) bond motifs is 2. The lowest BCUT2D eigenvalue weighted by molar-refractivity contribution is 0.105. The van der Waals surface area contributed by atoms with Crippen LogP contribution in [0.25, 0.3) is 22.0 Å². The third-order valence-electron chi connectivity index (χ3n) is 7.77. The summed E-state index contributed by atoms with van der Waals surface area (Å²) < 4.78 is 137. The second-order valence-corrected chi connectivity index (χ2v) is 17.0. The fourth-order valence-electron chi connectivity index (χ4n) is 5.30. The number of anilines is 2. The van der Waals surface area contributed by atoms with Gasteiger partial charge >= 0.3 is 0 Å². The highest BCUT2D eigenvalue weighted by Gasteiger charge is 2.33. The van der Waals surface area contributed by atoms with Crippen LogP contribution >= 0.6 is 0 Å². The summed E-state index contributed by atoms with van der Waals surface area (Å²) in [4.78, 5) is 30.7. The maximum atomic E-state index is 12.9. The normalized spacial score (nSPS) is 16.4. The Morgan fingerprint density at radius 2 is 0.911 bits per heavy atom. The Morgan fingerprint density at radius 1 is 0.536 bits per heavy atom. The summed E-state index contributed by atoms with van der Waals surface area (Å²) in [7, 11) is -19.7. The summed E-state index contributed by atoms with van der Waals surface area (Å²) in [6.07, 6.45) is 6.11. The molecule has 2 heterocycles. The summed E-state index contributed by atoms with van der Waals surface area (Å²) in [5.74, 6) is -1.68. The van der Waals surface area contributed by atoms with Gasteiger partial charge in [-0.25, -0.2) is 0 Å². The van der Waals surface area contributed by atoms with E-state index in [0.29, 0.717) is 0 Å². The van der Waals surface area contributed by atoms with Crippen LogP contribution in [-0.4, -0.2) is 84.8 Å². The molecule has 0 saturated heterocycles. The molecule has 288 valence electrons. The summed E-state index contributed by atoms with van der Waals surface area (Å²) in [6, 6.07) is 11.7. The molecule has 0 spiro atoms. The number of carbonyl (C=O) groups is 2. The predicted molar refractivity (Wildman–Crippen MR) is 200 cm³/mol. The molecule has 6 rings (SSSR count). The Bertz CT molecular complexity index is 2810. The zero-order chi connectivity index (χ0) is 40.8. The molecule has 0 unspecified atom stereocenters. The summed E-state index contributed by atoms with van der Waals surface area (Å²) in [5.41, 5.74) is 1.94. The fourth-order valence-corrected chi connectivity index (χ4v) is 8.13. The minimum absolute atomic E-state index is 0.145. The van der Waals surface area contributed by atoms with Crippen molar-refractivity contribution in [3.63, 3.8) is 0 Å². The second kappa shape index (κ2) is 14.5. The highest BCUT2D eigenvalue weighted by molar-refractivity contribution is 7.95. The van der Waals surface area contributed by atoms with Crippen molar-refractivity contribution < 1.29 is 61.5 Å². The van der Waals surface area contributed by atoms with Gasteiger partial charge in [0.25, 0.3) is 40.5 Å². The second-order valence-electron chi connectivity index (χ2n) is 11.4. The number of aromatic nitrogens is 2. The van der Waals surface area contributed by atoms with Gasteiger partial charge in [-0.15, -0.1) is 0 Å². The molecular formula is C32H22N6O14S4. The van der Waals surface area contributed by atoms with Crippen molar-refractivity contribution in [1.82, 2.24) is 9.97 Å². The number of nitrogens with zero attached hydrogens (tertiary/aromatic N) is 4. The molecule has 0 fully saturated rings. The van der Waals surface area contributed by atoms with E-state index in [1.54, 1.807) is 0 Å². The molecule has 2 aliphatic carbocycles. The Labute approximate surface area is 316 Å². The maximum absolute atomic E-state index is 12.9. The van der Waals surface area contributed by atoms with Crippen LogP contribution in [0.3, 0.4) is 0 Å². The van der Waals surface area contributed by atoms with Gasteiger partial charge in [-0.05, 0) is 71.8 Å². The first-order chi connectivity index (χ1) is 26.1. The average Bonchev–Trinajstić information content (AvgIpc) is 3.12. The van der Waals surface area contributed by atoms with Gasteiger partial charge in [-0.1, -0.05) is 24.3 Å². The number of ketones is 2. The minimum atomic E-state index is -5.01. The van der Waals surface area contributed by atoms with Crippen molar-refractivity contribution in [1.29, 1.82) is 0 Å². The van der Waals surface area contributed by atoms with Gasteiger partial charge in [0.2, 0.25) is 11.6 Å². The average molecular weight is 843 g/mol. The van der Waals surface area contributed by atoms with E-state index in [-0.39, 0.29) is 45.0 Å². The molecule has 0 bridgehead atoms. The molecule has 0 atom stereocenters. The molecule has 24 heteroatoms. The number of nitrogens with one attached hydrogen (secondary N) is 2. The van der Waals surface area contributed by atoms with Crippen LogP contribution in [0.5, 0.6) is 0 Å². The molecular weight excluding hydrogens is 821 g/mol. The molecule has 0 saturated carbocycles. The molecule has 4 aromatic rings. The van der Waals surface area contributed by atoms with E-state index in [2.05, 4.69) is 31.0 Å². The number of benzene rings is 2. The molecule has 0 amide bonds. The standard InChI is InChI=1S/C32H22N6O14S4/c39-31-23(15-27(55(47,48)49)21-3-1-11-33-29(21)31)37-35-19-9-7-17(25(13-19)53(41,42)43)5-6-18-8-10-20(14-26(18)54(44,45)46)36-38-24-16-28(56(50,51)52)22-4-2-12-34-30(22)32(24)40/h1-16,35-36H,(H,41,42,43)(H,44,45,46)(H,47,48,49)(H,50,51,52)/b6-5+,37-23+,38-24+. The van der Waals surface area contributed by atoms with E-state index in [1.807, 2.05) is 0 Å². The first-order valence-electron chi connectivity index (χ1n) is 15.1. The first kappa shape index (κ1) is 39.6. The quantitative estimate of drug-likeness (QED) is 0.0759. The smallest absolute Gasteiger partial charge is 0.285 e. The minimum Gasteiger partial charge on any atom is -0.285 e. The number of rotatable bonds is 10. The van der Waals surface area contributed by atoms with Crippen LogP contribution in [0.1, 0.15) is 43.2 Å². The van der Waals surface area contributed by atoms with Crippen LogP contribution in [0, 0.1) is 0 Å². The number of Topliss-reactive ketones (excluding diaryl/α,β-unsaturated/α-hetero) is 2. The largest absolute Gasteiger partial charge is 0.295 e. The molecule has 2 aromatic carbocycles. The molecule has 2 aliphatic rings. The molecule has 56 heavy (non-hydrogen) atoms. The predicted octanol–water partition coefficient (Wildman–Crippen LogP) is 2.93. The summed E-state index contributed by atoms with van der Waals surface area (Å²) in [5, 5.41) is 7.64. The number of allylic oxidation sites excluding steroid dienone is 2. The maximum Gasteiger partial charge on any atom is 0.295 e. The Hall–Kier alpha value is -6.12. The van der Waals surface area contributed by atoms with Crippen LogP contribution < -0.4 is 10.9 Å². The molecule has 6 N–H and O–H groups in total. The molecule has 2 aromatic heterocycles. The number of carbonyl (C=O) groups excluding carboxylic acids is 2. The number of hydrogen-bond acceptors (Lipinski definition) is 16. The van der Waals surface area contributed by atoms with Gasteiger partial charge in [0, 0.05) is 23.5 Å². The van der Waals surface area contributed by atoms with Crippen molar-refractivity contribution in [3.8, 4) is 0 Å². The van der Waals surface area contributed by atoms with Crippen molar-refractivity contribution >= 4 is 96.8 Å². The Balaban J connectivity index is 1.30. The van der Waals surface area contributed by atoms with Gasteiger partial charge in [0.05, 0.1) is 11.4 Å². The Morgan fingerprint density at radius 3 is 1.25 bits per heavy atom. The van der Waals surface area contributed by atoms with Crippen LogP contribution in [0.4, 0.5) is 11.4 Å². The monoisotopic (exact) mass is 842 g/mol. The molecule has 0 radical (unpaired) electrons. The topological polar surface area (TPSA) is 326 Å². The van der Waals surface area contributed by atoms with Crippen LogP contribution in [-0.2, 0) is 40.5 Å². The first-order valence-corrected chi connectivity index (χ1v) is 20.9. The third-order valence-corrected chi connectivity index (χ3v) is 11.4. The van der Waals surface area contributed by atoms with Crippen LogP contribution in [0.15, 0.2) is 105 Å². The summed E-state index contributed by atoms with van der Waals surface area (Å²) >= 11 is 0. The highest BCUT2D eigenvalue weighted by atomic mass is 32.2. The van der Waals surface area contributed by atoms with Gasteiger partial charge in [0.1, 0.15) is 42.4 Å². The van der Waals surface area contributed by atoms with E-state index in [4.69, 9.17) is 0 Å². The fraction of sp³-hybridized carbons (Fsp3) is 0. The van der Waals surface area contributed by atoms with Crippen molar-refractivity contribution in [2.24, 2.45) is 10.2 Å². The zero-order valence-corrected chi connectivity index (χ0v) is 30.8. The number of pyridine rings is 2. The summed E-state index contributed by atoms with van der Waals surface area (Å²) in [6.45, 7) is 0. The number of hydrogen-bond donors (Lipinski definition) is 6. The van der Waals surface area contributed by atoms with E-state index < -0.39 is 83.1 Å². The van der Waals surface area contributed by atoms with Crippen molar-refractivity contribution in [2.45, 2.75) is 9.79 Å². The van der Waals surface area contributed by atoms with E-state index in [1.165, 1.54) is 48.8 Å². The van der Waals surface area contributed by atoms with Gasteiger partial charge < -0.3 is 0 Å². The molecule has 0 aliphatic heterocycles. The highest BCUT2D eigenvalue weighted by Crippen LogP contribution is 2.31. The lowest BCUT2D eigenvalue weighted by atomic mass is 10.00. The Kier molecular flexibility index (Phi) is 10.3. The van der Waals surface area contributed by atoms with Gasteiger partial charge in [-0.2, -0.15) is 43.9 Å². The van der Waals surface area contributed by atoms with Gasteiger partial charge in [0.15, 0.2) is 0 Å². The van der Waals surface area contributed by atoms with Gasteiger partial charge in [-0.3, -0.25) is 48.6 Å². The lowest BCUT2D eigenvalue weighted by Gasteiger charge is -2.15. The lowest BCUT2D eigenvalue weighted by Crippen LogP contribution is -2.24. The van der Waals surface area contributed by atoms with Crippen molar-refractivity contribution in [2.75, 3.05) is 10.9 Å². The van der Waals surface area contributed by atoms with E-state index in [0.717, 1.165) is 48.6 Å². The van der Waals surface area contributed by atoms with Crippen LogP contribution in [0.2, 0.25) is 0 Å².